The minimum Gasteiger partial charge on any atom is -0.495 e. The number of para-hydroxylation sites is 1. The van der Waals surface area contributed by atoms with Crippen molar-refractivity contribution >= 4 is 28.9 Å². The third-order valence-electron chi connectivity index (χ3n) is 2.97. The summed E-state index contributed by atoms with van der Waals surface area (Å²) in [5, 5.41) is 6.22. The summed E-state index contributed by atoms with van der Waals surface area (Å²) in [4.78, 5) is 12.0. The number of ether oxygens (including phenoxy) is 2. The predicted octanol–water partition coefficient (Wildman–Crippen LogP) is 3.41. The fourth-order valence-electron chi connectivity index (χ4n) is 1.89. The third kappa shape index (κ3) is 4.05. The van der Waals surface area contributed by atoms with Gasteiger partial charge in [-0.05, 0) is 12.1 Å². The SMILES string of the molecule is COc1cc(NC(=O)CNc2ccccc2)c(OC)cc1Cl. The Morgan fingerprint density at radius 2 is 1.77 bits per heavy atom. The third-order valence-corrected chi connectivity index (χ3v) is 3.27. The molecule has 0 aliphatic rings. The molecule has 2 N–H and O–H groups in total. The van der Waals surface area contributed by atoms with Crippen molar-refractivity contribution in [3.05, 3.63) is 47.5 Å². The Morgan fingerprint density at radius 3 is 2.41 bits per heavy atom. The normalized spacial score (nSPS) is 9.95. The van der Waals surface area contributed by atoms with E-state index in [2.05, 4.69) is 10.6 Å². The minimum atomic E-state index is -0.202. The van der Waals surface area contributed by atoms with Crippen molar-refractivity contribution in [3.63, 3.8) is 0 Å². The van der Waals surface area contributed by atoms with Crippen LogP contribution in [0.1, 0.15) is 0 Å². The molecule has 0 bridgehead atoms. The van der Waals surface area contributed by atoms with E-state index in [-0.39, 0.29) is 12.5 Å². The molecule has 1 amide bonds. The van der Waals surface area contributed by atoms with Gasteiger partial charge in [0, 0.05) is 17.8 Å². The summed E-state index contributed by atoms with van der Waals surface area (Å²) in [5.41, 5.74) is 1.38. The van der Waals surface area contributed by atoms with E-state index in [0.29, 0.717) is 22.2 Å². The van der Waals surface area contributed by atoms with Crippen LogP contribution in [0.2, 0.25) is 5.02 Å². The summed E-state index contributed by atoms with van der Waals surface area (Å²) in [6.45, 7) is 0.137. The maximum atomic E-state index is 12.0. The van der Waals surface area contributed by atoms with Gasteiger partial charge in [0.2, 0.25) is 5.91 Å². The van der Waals surface area contributed by atoms with Crippen molar-refractivity contribution in [3.8, 4) is 11.5 Å². The van der Waals surface area contributed by atoms with Gasteiger partial charge in [0.15, 0.2) is 0 Å². The van der Waals surface area contributed by atoms with Crippen molar-refractivity contribution in [2.75, 3.05) is 31.4 Å². The lowest BCUT2D eigenvalue weighted by atomic mass is 10.2. The monoisotopic (exact) mass is 320 g/mol. The van der Waals surface area contributed by atoms with Crippen LogP contribution in [-0.2, 0) is 4.79 Å². The molecule has 0 radical (unpaired) electrons. The fourth-order valence-corrected chi connectivity index (χ4v) is 2.12. The van der Waals surface area contributed by atoms with Gasteiger partial charge in [-0.15, -0.1) is 0 Å². The molecule has 0 aromatic heterocycles. The quantitative estimate of drug-likeness (QED) is 0.856. The molecular weight excluding hydrogens is 304 g/mol. The molecule has 0 fully saturated rings. The summed E-state index contributed by atoms with van der Waals surface area (Å²) in [7, 11) is 3.02. The zero-order valence-corrected chi connectivity index (χ0v) is 13.1. The van der Waals surface area contributed by atoms with Crippen molar-refractivity contribution < 1.29 is 14.3 Å². The van der Waals surface area contributed by atoms with Crippen molar-refractivity contribution in [2.45, 2.75) is 0 Å². The van der Waals surface area contributed by atoms with Gasteiger partial charge in [0.05, 0.1) is 31.5 Å². The summed E-state index contributed by atoms with van der Waals surface area (Å²) >= 11 is 6.03. The van der Waals surface area contributed by atoms with Gasteiger partial charge >= 0.3 is 0 Å². The summed E-state index contributed by atoms with van der Waals surface area (Å²) < 4.78 is 10.4. The number of amides is 1. The van der Waals surface area contributed by atoms with Crippen LogP contribution in [0, 0.1) is 0 Å². The molecule has 0 saturated heterocycles. The Morgan fingerprint density at radius 1 is 1.09 bits per heavy atom. The van der Waals surface area contributed by atoms with E-state index in [0.717, 1.165) is 5.69 Å². The average molecular weight is 321 g/mol. The maximum absolute atomic E-state index is 12.0. The van der Waals surface area contributed by atoms with Crippen LogP contribution in [0.3, 0.4) is 0 Å². The standard InChI is InChI=1S/C16H17ClN2O3/c1-21-14-9-13(15(22-2)8-12(14)17)19-16(20)10-18-11-6-4-3-5-7-11/h3-9,18H,10H2,1-2H3,(H,19,20). The van der Waals surface area contributed by atoms with Crippen LogP contribution >= 0.6 is 11.6 Å². The van der Waals surface area contributed by atoms with Crippen molar-refractivity contribution in [2.24, 2.45) is 0 Å². The van der Waals surface area contributed by atoms with Gasteiger partial charge in [0.1, 0.15) is 11.5 Å². The van der Waals surface area contributed by atoms with Crippen molar-refractivity contribution in [1.82, 2.24) is 0 Å². The number of nitrogens with one attached hydrogen (secondary N) is 2. The lowest BCUT2D eigenvalue weighted by Crippen LogP contribution is -2.22. The van der Waals surface area contributed by atoms with E-state index >= 15 is 0 Å². The van der Waals surface area contributed by atoms with Gasteiger partial charge in [-0.3, -0.25) is 4.79 Å². The molecule has 5 nitrogen and oxygen atoms in total. The first-order valence-corrected chi connectivity index (χ1v) is 7.02. The number of halogens is 1. The second-order valence-corrected chi connectivity index (χ2v) is 4.86. The summed E-state index contributed by atoms with van der Waals surface area (Å²) in [5.74, 6) is 0.735. The molecule has 2 aromatic rings. The summed E-state index contributed by atoms with van der Waals surface area (Å²) in [6, 6.07) is 12.7. The maximum Gasteiger partial charge on any atom is 0.243 e. The van der Waals surface area contributed by atoms with Gasteiger partial charge in [-0.2, -0.15) is 0 Å². The number of hydrogen-bond donors (Lipinski definition) is 2. The molecule has 116 valence electrons. The summed E-state index contributed by atoms with van der Waals surface area (Å²) in [6.07, 6.45) is 0. The molecule has 0 atom stereocenters. The van der Waals surface area contributed by atoms with E-state index < -0.39 is 0 Å². The first-order chi connectivity index (χ1) is 10.6. The first kappa shape index (κ1) is 16.0. The molecule has 0 heterocycles. The van der Waals surface area contributed by atoms with Crippen LogP contribution < -0.4 is 20.1 Å². The number of methoxy groups -OCH3 is 2. The zero-order chi connectivity index (χ0) is 15.9. The Hall–Kier alpha value is -2.40. The highest BCUT2D eigenvalue weighted by atomic mass is 35.5. The van der Waals surface area contributed by atoms with Crippen LogP contribution in [0.5, 0.6) is 11.5 Å². The van der Waals surface area contributed by atoms with E-state index in [4.69, 9.17) is 21.1 Å². The number of carbonyl (C=O) groups is 1. The van der Waals surface area contributed by atoms with E-state index in [1.54, 1.807) is 12.1 Å². The number of anilines is 2. The molecule has 6 heteroatoms. The van der Waals surface area contributed by atoms with Gasteiger partial charge in [-0.25, -0.2) is 0 Å². The second-order valence-electron chi connectivity index (χ2n) is 4.45. The lowest BCUT2D eigenvalue weighted by molar-refractivity contribution is -0.114. The lowest BCUT2D eigenvalue weighted by Gasteiger charge is -2.13. The van der Waals surface area contributed by atoms with Crippen molar-refractivity contribution in [1.29, 1.82) is 0 Å². The van der Waals surface area contributed by atoms with E-state index in [9.17, 15) is 4.79 Å². The highest BCUT2D eigenvalue weighted by Gasteiger charge is 2.12. The van der Waals surface area contributed by atoms with Crippen LogP contribution in [-0.4, -0.2) is 26.7 Å². The molecule has 0 aliphatic heterocycles. The van der Waals surface area contributed by atoms with Gasteiger partial charge < -0.3 is 20.1 Å². The van der Waals surface area contributed by atoms with Gasteiger partial charge in [-0.1, -0.05) is 29.8 Å². The molecule has 0 unspecified atom stereocenters. The highest BCUT2D eigenvalue weighted by molar-refractivity contribution is 6.32. The number of benzene rings is 2. The molecule has 22 heavy (non-hydrogen) atoms. The fraction of sp³-hybridized carbons (Fsp3) is 0.188. The topological polar surface area (TPSA) is 59.6 Å². The predicted molar refractivity (Wildman–Crippen MR) is 88.1 cm³/mol. The second kappa shape index (κ2) is 7.56. The molecular formula is C16H17ClN2O3. The smallest absolute Gasteiger partial charge is 0.243 e. The largest absolute Gasteiger partial charge is 0.495 e. The Balaban J connectivity index is 2.04. The first-order valence-electron chi connectivity index (χ1n) is 6.64. The molecule has 0 aliphatic carbocycles. The number of rotatable bonds is 6. The Labute approximate surface area is 134 Å². The highest BCUT2D eigenvalue weighted by Crippen LogP contribution is 2.35. The van der Waals surface area contributed by atoms with Crippen LogP contribution in [0.25, 0.3) is 0 Å². The number of hydrogen-bond acceptors (Lipinski definition) is 4. The Bertz CT molecular complexity index is 647. The van der Waals surface area contributed by atoms with E-state index in [1.807, 2.05) is 30.3 Å². The van der Waals surface area contributed by atoms with E-state index in [1.165, 1.54) is 14.2 Å². The van der Waals surface area contributed by atoms with Gasteiger partial charge in [0.25, 0.3) is 0 Å². The van der Waals surface area contributed by atoms with Crippen LogP contribution in [0.4, 0.5) is 11.4 Å². The molecule has 2 rings (SSSR count). The number of carbonyl (C=O) groups excluding carboxylic acids is 1. The Kier molecular flexibility index (Phi) is 5.49. The van der Waals surface area contributed by atoms with Crippen LogP contribution in [0.15, 0.2) is 42.5 Å². The average Bonchev–Trinajstić information content (AvgIpc) is 2.55. The molecule has 2 aromatic carbocycles. The zero-order valence-electron chi connectivity index (χ0n) is 12.4. The molecule has 0 spiro atoms. The molecule has 0 saturated carbocycles. The minimum absolute atomic E-state index is 0.137.